The van der Waals surface area contributed by atoms with E-state index in [9.17, 15) is 19.2 Å². The summed E-state index contributed by atoms with van der Waals surface area (Å²) in [5.74, 6) is -3.08. The number of ketones is 1. The number of hydrogen-bond donors (Lipinski definition) is 1. The number of amides is 1. The molecule has 0 spiro atoms. The maximum absolute atomic E-state index is 13.6. The summed E-state index contributed by atoms with van der Waals surface area (Å²) in [7, 11) is 0. The van der Waals surface area contributed by atoms with Gasteiger partial charge in [-0.25, -0.2) is 9.07 Å². The van der Waals surface area contributed by atoms with E-state index in [1.165, 1.54) is 28.9 Å². The van der Waals surface area contributed by atoms with Crippen molar-refractivity contribution in [3.05, 3.63) is 94.9 Å². The lowest BCUT2D eigenvalue weighted by Crippen LogP contribution is -2.29. The minimum atomic E-state index is -1.64. The number of carbonyl (C=O) groups is 2. The summed E-state index contributed by atoms with van der Waals surface area (Å²) in [6.07, 6.45) is 0. The number of nitriles is 1. The number of hydrogen-bond acceptors (Lipinski definition) is 5. The third-order valence-electron chi connectivity index (χ3n) is 5.55. The Morgan fingerprint density at radius 1 is 1.11 bits per heavy atom. The lowest BCUT2D eigenvalue weighted by molar-refractivity contribution is -0.117. The summed E-state index contributed by atoms with van der Waals surface area (Å²) in [6.45, 7) is -0.00924. The molecule has 1 unspecified atom stereocenters. The Balaban J connectivity index is 1.61. The molecule has 4 aromatic rings. The minimum Gasteiger partial charge on any atom is -0.488 e. The van der Waals surface area contributed by atoms with Crippen LogP contribution in [0, 0.1) is 23.1 Å². The van der Waals surface area contributed by atoms with Crippen LogP contribution in [0.1, 0.15) is 16.1 Å². The van der Waals surface area contributed by atoms with Gasteiger partial charge < -0.3 is 10.1 Å². The predicted molar refractivity (Wildman–Crippen MR) is 127 cm³/mol. The molecular formula is C26H16ClFN4O3. The molecule has 35 heavy (non-hydrogen) atoms. The molecule has 1 atom stereocenters. The van der Waals surface area contributed by atoms with E-state index < -0.39 is 23.4 Å². The zero-order valence-electron chi connectivity index (χ0n) is 18.0. The summed E-state index contributed by atoms with van der Waals surface area (Å²) < 4.78 is 20.9. The third-order valence-corrected chi connectivity index (χ3v) is 5.79. The van der Waals surface area contributed by atoms with Gasteiger partial charge in [-0.1, -0.05) is 29.8 Å². The van der Waals surface area contributed by atoms with Gasteiger partial charge in [0, 0.05) is 21.8 Å². The number of aromatic nitrogens is 2. The van der Waals surface area contributed by atoms with Gasteiger partial charge in [-0.2, -0.15) is 10.4 Å². The molecule has 5 rings (SSSR count). The summed E-state index contributed by atoms with van der Waals surface area (Å²) in [5, 5.41) is 17.2. The van der Waals surface area contributed by atoms with Crippen LogP contribution in [-0.4, -0.2) is 21.5 Å². The maximum Gasteiger partial charge on any atom is 0.249 e. The van der Waals surface area contributed by atoms with Crippen LogP contribution < -0.4 is 10.1 Å². The van der Waals surface area contributed by atoms with Crippen LogP contribution in [0.5, 0.6) is 5.75 Å². The molecule has 0 saturated carbocycles. The van der Waals surface area contributed by atoms with Crippen molar-refractivity contribution in [2.75, 3.05) is 5.32 Å². The third kappa shape index (κ3) is 4.14. The lowest BCUT2D eigenvalue weighted by Gasteiger charge is -2.20. The minimum absolute atomic E-state index is 0.00924. The van der Waals surface area contributed by atoms with E-state index in [1.807, 2.05) is 0 Å². The number of anilines is 1. The van der Waals surface area contributed by atoms with E-state index in [-0.39, 0.29) is 12.3 Å². The molecule has 172 valence electrons. The molecule has 0 bridgehead atoms. The van der Waals surface area contributed by atoms with Crippen molar-refractivity contribution in [1.29, 1.82) is 5.26 Å². The van der Waals surface area contributed by atoms with Gasteiger partial charge in [-0.3, -0.25) is 9.59 Å². The zero-order chi connectivity index (χ0) is 24.5. The molecule has 0 aliphatic carbocycles. The van der Waals surface area contributed by atoms with Gasteiger partial charge in [0.05, 0.1) is 17.5 Å². The molecule has 9 heteroatoms. The maximum atomic E-state index is 13.6. The highest BCUT2D eigenvalue weighted by Crippen LogP contribution is 2.41. The molecule has 0 saturated heterocycles. The van der Waals surface area contributed by atoms with Crippen molar-refractivity contribution < 1.29 is 18.7 Å². The van der Waals surface area contributed by atoms with Gasteiger partial charge in [0.15, 0.2) is 5.92 Å². The number of ether oxygens (including phenoxy) is 1. The number of fused-ring (bicyclic) bond motifs is 3. The van der Waals surface area contributed by atoms with Crippen LogP contribution in [0.15, 0.2) is 72.8 Å². The molecule has 1 N–H and O–H groups in total. The van der Waals surface area contributed by atoms with Crippen molar-refractivity contribution in [2.45, 2.75) is 6.61 Å². The number of rotatable bonds is 5. The van der Waals surface area contributed by atoms with Crippen molar-refractivity contribution >= 4 is 29.0 Å². The normalized spacial score (nSPS) is 12.5. The lowest BCUT2D eigenvalue weighted by atomic mass is 9.96. The van der Waals surface area contributed by atoms with Crippen molar-refractivity contribution in [3.63, 3.8) is 0 Å². The number of benzene rings is 3. The van der Waals surface area contributed by atoms with Crippen LogP contribution in [-0.2, 0) is 11.4 Å². The van der Waals surface area contributed by atoms with E-state index in [1.54, 1.807) is 54.6 Å². The highest BCUT2D eigenvalue weighted by Gasteiger charge is 2.36. The van der Waals surface area contributed by atoms with Gasteiger partial charge in [0.1, 0.15) is 23.9 Å². The summed E-state index contributed by atoms with van der Waals surface area (Å²) in [6, 6.07) is 20.9. The molecule has 0 fully saturated rings. The number of nitrogens with zero attached hydrogens (tertiary/aromatic N) is 3. The molecular weight excluding hydrogens is 471 g/mol. The fraction of sp³-hybridized carbons (Fsp3) is 0.0769. The first-order chi connectivity index (χ1) is 17.0. The van der Waals surface area contributed by atoms with Gasteiger partial charge in [0.25, 0.3) is 0 Å². The van der Waals surface area contributed by atoms with E-state index in [0.29, 0.717) is 39.0 Å². The van der Waals surface area contributed by atoms with Crippen LogP contribution in [0.4, 0.5) is 10.1 Å². The fourth-order valence-electron chi connectivity index (χ4n) is 3.90. The monoisotopic (exact) mass is 486 g/mol. The Kier molecular flexibility index (Phi) is 5.77. The van der Waals surface area contributed by atoms with Crippen LogP contribution in [0.2, 0.25) is 5.02 Å². The largest absolute Gasteiger partial charge is 0.488 e. The number of nitrogens with one attached hydrogen (secondary N) is 1. The Bertz CT molecular complexity index is 1490. The molecule has 1 amide bonds. The molecule has 1 aromatic heterocycles. The number of Topliss-reactive ketones (excluding diaryl/α,β-unsaturated/α-hetero) is 1. The second-order valence-corrected chi connectivity index (χ2v) is 8.21. The SMILES string of the molecule is N#CC(C(=O)Nc1ccccc1)C(=O)c1nn(-c2ccc(F)cc2)c2c1COc1ccc(Cl)cc1-2. The first kappa shape index (κ1) is 22.3. The van der Waals surface area contributed by atoms with Crippen molar-refractivity contribution in [1.82, 2.24) is 9.78 Å². The van der Waals surface area contributed by atoms with Gasteiger partial charge in [0.2, 0.25) is 11.7 Å². The smallest absolute Gasteiger partial charge is 0.249 e. The Morgan fingerprint density at radius 3 is 2.57 bits per heavy atom. The number of halogens is 2. The van der Waals surface area contributed by atoms with Gasteiger partial charge in [-0.15, -0.1) is 0 Å². The molecule has 7 nitrogen and oxygen atoms in total. The molecule has 0 radical (unpaired) electrons. The Labute approximate surface area is 204 Å². The fourth-order valence-corrected chi connectivity index (χ4v) is 4.07. The highest BCUT2D eigenvalue weighted by atomic mass is 35.5. The second kappa shape index (κ2) is 9.05. The number of para-hydroxylation sites is 1. The van der Waals surface area contributed by atoms with Crippen molar-refractivity contribution in [2.24, 2.45) is 5.92 Å². The van der Waals surface area contributed by atoms with Gasteiger partial charge >= 0.3 is 0 Å². The van der Waals surface area contributed by atoms with Crippen LogP contribution in [0.3, 0.4) is 0 Å². The summed E-state index contributed by atoms with van der Waals surface area (Å²) >= 11 is 6.23. The predicted octanol–water partition coefficient (Wildman–Crippen LogP) is 5.19. The van der Waals surface area contributed by atoms with E-state index in [4.69, 9.17) is 16.3 Å². The number of carbonyl (C=O) groups excluding carboxylic acids is 2. The quantitative estimate of drug-likeness (QED) is 0.309. The summed E-state index contributed by atoms with van der Waals surface area (Å²) in [4.78, 5) is 26.3. The topological polar surface area (TPSA) is 97.0 Å². The van der Waals surface area contributed by atoms with E-state index in [2.05, 4.69) is 10.4 Å². The van der Waals surface area contributed by atoms with E-state index in [0.717, 1.165) is 0 Å². The van der Waals surface area contributed by atoms with Crippen molar-refractivity contribution in [3.8, 4) is 28.8 Å². The van der Waals surface area contributed by atoms with Gasteiger partial charge in [-0.05, 0) is 54.6 Å². The second-order valence-electron chi connectivity index (χ2n) is 7.77. The molecule has 1 aliphatic heterocycles. The molecule has 2 heterocycles. The summed E-state index contributed by atoms with van der Waals surface area (Å²) in [5.41, 5.74) is 2.36. The average molecular weight is 487 g/mol. The van der Waals surface area contributed by atoms with Crippen LogP contribution >= 0.6 is 11.6 Å². The Morgan fingerprint density at radius 2 is 1.86 bits per heavy atom. The standard InChI is InChI=1S/C26H16ClFN4O3/c27-15-6-11-22-19(12-15)24-21(14-35-22)23(31-32(24)18-9-7-16(28)8-10-18)25(33)20(13-29)26(34)30-17-4-2-1-3-5-17/h1-12,20H,14H2,(H,30,34). The van der Waals surface area contributed by atoms with E-state index >= 15 is 0 Å². The zero-order valence-corrected chi connectivity index (χ0v) is 18.8. The molecule has 3 aromatic carbocycles. The Hall–Kier alpha value is -4.48. The highest BCUT2D eigenvalue weighted by molar-refractivity contribution is 6.31. The first-order valence-corrected chi connectivity index (χ1v) is 10.9. The average Bonchev–Trinajstić information content (AvgIpc) is 3.26. The van der Waals surface area contributed by atoms with Crippen LogP contribution in [0.25, 0.3) is 16.9 Å². The molecule has 1 aliphatic rings. The first-order valence-electron chi connectivity index (χ1n) is 10.6.